The van der Waals surface area contributed by atoms with Gasteiger partial charge in [-0.1, -0.05) is 30.4 Å². The van der Waals surface area contributed by atoms with E-state index in [1.165, 1.54) is 35.6 Å². The fourth-order valence-corrected chi connectivity index (χ4v) is 3.84. The molecule has 0 aliphatic rings. The smallest absolute Gasteiger partial charge is 0.272 e. The van der Waals surface area contributed by atoms with Gasteiger partial charge < -0.3 is 9.30 Å². The Hall–Kier alpha value is -3.26. The molecule has 0 saturated carbocycles. The number of hydrogen-bond donors (Lipinski definition) is 0. The molecule has 0 fully saturated rings. The zero-order valence-corrected chi connectivity index (χ0v) is 16.3. The van der Waals surface area contributed by atoms with Crippen molar-refractivity contribution in [3.05, 3.63) is 69.0 Å². The molecule has 0 aliphatic carbocycles. The topological polar surface area (TPSA) is 86.7 Å². The van der Waals surface area contributed by atoms with Crippen LogP contribution in [0.2, 0.25) is 0 Å². The number of fused-ring (bicyclic) bond motifs is 1. The van der Waals surface area contributed by atoms with Crippen LogP contribution in [0, 0.1) is 10.1 Å². The summed E-state index contributed by atoms with van der Waals surface area (Å²) in [7, 11) is 1.61. The normalized spacial score (nSPS) is 12.0. The van der Waals surface area contributed by atoms with E-state index in [-0.39, 0.29) is 5.69 Å². The van der Waals surface area contributed by atoms with E-state index in [4.69, 9.17) is 4.74 Å². The zero-order valence-electron chi connectivity index (χ0n) is 15.5. The second-order valence-corrected chi connectivity index (χ2v) is 7.01. The maximum absolute atomic E-state index is 12.3. The summed E-state index contributed by atoms with van der Waals surface area (Å²) in [6, 6.07) is 11.9. The van der Waals surface area contributed by atoms with Gasteiger partial charge in [-0.3, -0.25) is 14.9 Å². The molecule has 0 saturated heterocycles. The Morgan fingerprint density at radius 2 is 2.14 bits per heavy atom. The Labute approximate surface area is 165 Å². The summed E-state index contributed by atoms with van der Waals surface area (Å²) in [6.45, 7) is 2.81. The van der Waals surface area contributed by atoms with Crippen molar-refractivity contribution in [2.45, 2.75) is 19.9 Å². The highest BCUT2D eigenvalue weighted by atomic mass is 32.1. The highest BCUT2D eigenvalue weighted by molar-refractivity contribution is 7.16. The summed E-state index contributed by atoms with van der Waals surface area (Å²) >= 11 is 1.42. The first kappa shape index (κ1) is 19.5. The van der Waals surface area contributed by atoms with Crippen molar-refractivity contribution < 1.29 is 14.5 Å². The third kappa shape index (κ3) is 4.34. The number of nitro groups is 1. The summed E-state index contributed by atoms with van der Waals surface area (Å²) in [6.07, 6.45) is 3.75. The van der Waals surface area contributed by atoms with Crippen LogP contribution in [0.15, 0.2) is 53.5 Å². The number of carbonyl (C=O) groups excluding carboxylic acids is 1. The van der Waals surface area contributed by atoms with Crippen molar-refractivity contribution in [2.24, 2.45) is 4.99 Å². The van der Waals surface area contributed by atoms with E-state index in [9.17, 15) is 14.9 Å². The van der Waals surface area contributed by atoms with Crippen LogP contribution < -0.4 is 9.54 Å². The fraction of sp³-hybridized carbons (Fsp3) is 0.200. The SMILES string of the molecule is CCCn1c(=NC(=O)/C=C/c2cccc([N+](=O)[O-])c2)sc2cc(OC)ccc21. The molecule has 3 aromatic rings. The van der Waals surface area contributed by atoms with Crippen molar-refractivity contribution in [3.8, 4) is 5.75 Å². The molecular weight excluding hydrogens is 378 g/mol. The van der Waals surface area contributed by atoms with Crippen molar-refractivity contribution in [1.82, 2.24) is 4.57 Å². The van der Waals surface area contributed by atoms with Crippen LogP contribution in [-0.4, -0.2) is 22.5 Å². The fourth-order valence-electron chi connectivity index (χ4n) is 2.75. The second-order valence-electron chi connectivity index (χ2n) is 6.01. The molecule has 0 atom stereocenters. The predicted molar refractivity (Wildman–Crippen MR) is 109 cm³/mol. The lowest BCUT2D eigenvalue weighted by atomic mass is 10.2. The van der Waals surface area contributed by atoms with Crippen molar-refractivity contribution in [1.29, 1.82) is 0 Å². The van der Waals surface area contributed by atoms with Gasteiger partial charge in [-0.25, -0.2) is 0 Å². The summed E-state index contributed by atoms with van der Waals surface area (Å²) in [5.41, 5.74) is 1.55. The summed E-state index contributed by atoms with van der Waals surface area (Å²) < 4.78 is 8.27. The minimum Gasteiger partial charge on any atom is -0.497 e. The van der Waals surface area contributed by atoms with E-state index < -0.39 is 10.8 Å². The third-order valence-electron chi connectivity index (χ3n) is 4.04. The average Bonchev–Trinajstić information content (AvgIpc) is 3.03. The van der Waals surface area contributed by atoms with Gasteiger partial charge in [-0.2, -0.15) is 4.99 Å². The van der Waals surface area contributed by atoms with Crippen molar-refractivity contribution in [2.75, 3.05) is 7.11 Å². The number of amides is 1. The largest absolute Gasteiger partial charge is 0.497 e. The van der Waals surface area contributed by atoms with Crippen molar-refractivity contribution in [3.63, 3.8) is 0 Å². The molecule has 2 aromatic carbocycles. The van der Waals surface area contributed by atoms with Gasteiger partial charge in [0.1, 0.15) is 5.75 Å². The Kier molecular flexibility index (Phi) is 6.00. The molecule has 0 radical (unpaired) electrons. The van der Waals surface area contributed by atoms with Gasteiger partial charge in [-0.15, -0.1) is 0 Å². The first-order valence-electron chi connectivity index (χ1n) is 8.70. The number of carbonyl (C=O) groups is 1. The summed E-state index contributed by atoms with van der Waals surface area (Å²) in [4.78, 5) is 27.6. The highest BCUT2D eigenvalue weighted by Gasteiger charge is 2.08. The number of thiazole rings is 1. The van der Waals surface area contributed by atoms with Gasteiger partial charge in [0.25, 0.3) is 11.6 Å². The number of rotatable bonds is 6. The van der Waals surface area contributed by atoms with Gasteiger partial charge in [0.15, 0.2) is 4.80 Å². The van der Waals surface area contributed by atoms with Crippen LogP contribution in [0.4, 0.5) is 5.69 Å². The number of nitrogens with zero attached hydrogens (tertiary/aromatic N) is 3. The number of aromatic nitrogens is 1. The molecule has 7 nitrogen and oxygen atoms in total. The molecule has 28 heavy (non-hydrogen) atoms. The number of nitro benzene ring substituents is 1. The number of benzene rings is 2. The van der Waals surface area contributed by atoms with E-state index in [1.54, 1.807) is 19.2 Å². The molecule has 8 heteroatoms. The Bertz CT molecular complexity index is 1130. The molecule has 0 aliphatic heterocycles. The summed E-state index contributed by atoms with van der Waals surface area (Å²) in [5.74, 6) is 0.329. The number of non-ortho nitro benzene ring substituents is 1. The van der Waals surface area contributed by atoms with E-state index in [2.05, 4.69) is 11.9 Å². The molecular formula is C20H19N3O4S. The molecule has 0 N–H and O–H groups in total. The molecule has 0 spiro atoms. The number of aryl methyl sites for hydroxylation is 1. The molecule has 144 valence electrons. The standard InChI is InChI=1S/C20H19N3O4S/c1-3-11-22-17-9-8-16(27-2)13-18(17)28-20(22)21-19(24)10-7-14-5-4-6-15(12-14)23(25)26/h4-10,12-13H,3,11H2,1-2H3/b10-7+,21-20?. The van der Waals surface area contributed by atoms with Gasteiger partial charge in [-0.05, 0) is 36.3 Å². The monoisotopic (exact) mass is 397 g/mol. The van der Waals surface area contributed by atoms with Gasteiger partial charge in [0, 0.05) is 24.8 Å². The van der Waals surface area contributed by atoms with Crippen LogP contribution in [0.25, 0.3) is 16.3 Å². The average molecular weight is 397 g/mol. The molecule has 1 heterocycles. The Balaban J connectivity index is 1.94. The number of ether oxygens (including phenoxy) is 1. The van der Waals surface area contributed by atoms with E-state index in [1.807, 2.05) is 22.8 Å². The number of hydrogen-bond acceptors (Lipinski definition) is 5. The molecule has 3 rings (SSSR count). The Morgan fingerprint density at radius 1 is 1.32 bits per heavy atom. The van der Waals surface area contributed by atoms with Gasteiger partial charge in [0.2, 0.25) is 0 Å². The minimum absolute atomic E-state index is 0.0224. The van der Waals surface area contributed by atoms with E-state index in [0.29, 0.717) is 10.4 Å². The molecule has 0 unspecified atom stereocenters. The molecule has 0 bridgehead atoms. The molecule has 1 aromatic heterocycles. The van der Waals surface area contributed by atoms with Gasteiger partial charge >= 0.3 is 0 Å². The zero-order chi connectivity index (χ0) is 20.1. The quantitative estimate of drug-likeness (QED) is 0.355. The lowest BCUT2D eigenvalue weighted by molar-refractivity contribution is -0.384. The Morgan fingerprint density at radius 3 is 2.86 bits per heavy atom. The maximum atomic E-state index is 12.3. The van der Waals surface area contributed by atoms with Gasteiger partial charge in [0.05, 0.1) is 22.2 Å². The third-order valence-corrected chi connectivity index (χ3v) is 5.08. The van der Waals surface area contributed by atoms with Crippen LogP contribution in [0.3, 0.4) is 0 Å². The van der Waals surface area contributed by atoms with Crippen LogP contribution in [0.5, 0.6) is 5.75 Å². The van der Waals surface area contributed by atoms with Crippen molar-refractivity contribution >= 4 is 39.2 Å². The predicted octanol–water partition coefficient (Wildman–Crippen LogP) is 4.17. The second kappa shape index (κ2) is 8.62. The first-order valence-corrected chi connectivity index (χ1v) is 9.52. The number of methoxy groups -OCH3 is 1. The summed E-state index contributed by atoms with van der Waals surface area (Å²) in [5, 5.41) is 10.8. The first-order chi connectivity index (χ1) is 13.5. The highest BCUT2D eigenvalue weighted by Crippen LogP contribution is 2.23. The lowest BCUT2D eigenvalue weighted by Crippen LogP contribution is -2.16. The minimum atomic E-state index is -0.470. The lowest BCUT2D eigenvalue weighted by Gasteiger charge is -2.03. The van der Waals surface area contributed by atoms with Crippen LogP contribution >= 0.6 is 11.3 Å². The molecule has 1 amide bonds. The maximum Gasteiger partial charge on any atom is 0.272 e. The van der Waals surface area contributed by atoms with Crippen LogP contribution in [0.1, 0.15) is 18.9 Å². The van der Waals surface area contributed by atoms with E-state index in [0.717, 1.165) is 28.9 Å². The van der Waals surface area contributed by atoms with Crippen LogP contribution in [-0.2, 0) is 11.3 Å². The van der Waals surface area contributed by atoms with E-state index >= 15 is 0 Å².